The minimum absolute atomic E-state index is 0.0524. The lowest BCUT2D eigenvalue weighted by molar-refractivity contribution is 0.161. The zero-order chi connectivity index (χ0) is 13.4. The predicted molar refractivity (Wildman–Crippen MR) is 77.3 cm³/mol. The lowest BCUT2D eigenvalue weighted by atomic mass is 9.92. The van der Waals surface area contributed by atoms with Gasteiger partial charge in [0.1, 0.15) is 11.9 Å². The van der Waals surface area contributed by atoms with Crippen LogP contribution in [-0.4, -0.2) is 0 Å². The second kappa shape index (κ2) is 4.71. The summed E-state index contributed by atoms with van der Waals surface area (Å²) >= 11 is 0. The van der Waals surface area contributed by atoms with Crippen molar-refractivity contribution in [1.82, 2.24) is 0 Å². The molecule has 1 unspecified atom stereocenters. The van der Waals surface area contributed by atoms with Gasteiger partial charge in [-0.2, -0.15) is 0 Å². The van der Waals surface area contributed by atoms with E-state index in [2.05, 4.69) is 38.1 Å². The number of aryl methyl sites for hydroxylation is 2. The van der Waals surface area contributed by atoms with Crippen molar-refractivity contribution in [2.24, 2.45) is 5.73 Å². The van der Waals surface area contributed by atoms with Crippen LogP contribution in [-0.2, 0) is 0 Å². The van der Waals surface area contributed by atoms with Crippen molar-refractivity contribution in [2.45, 2.75) is 32.4 Å². The molecular weight excluding hydrogens is 234 g/mol. The zero-order valence-electron chi connectivity index (χ0n) is 11.4. The Hall–Kier alpha value is -1.80. The lowest BCUT2D eigenvalue weighted by Crippen LogP contribution is -2.24. The van der Waals surface area contributed by atoms with Crippen molar-refractivity contribution >= 4 is 0 Å². The monoisotopic (exact) mass is 253 g/mol. The molecular formula is C17H19NO. The van der Waals surface area contributed by atoms with Gasteiger partial charge >= 0.3 is 0 Å². The quantitative estimate of drug-likeness (QED) is 0.838. The first-order valence-electron chi connectivity index (χ1n) is 6.73. The van der Waals surface area contributed by atoms with Crippen molar-refractivity contribution in [3.8, 4) is 5.75 Å². The molecule has 0 saturated carbocycles. The van der Waals surface area contributed by atoms with E-state index in [9.17, 15) is 0 Å². The van der Waals surface area contributed by atoms with Gasteiger partial charge in [-0.1, -0.05) is 36.4 Å². The minimum Gasteiger partial charge on any atom is -0.485 e. The van der Waals surface area contributed by atoms with Gasteiger partial charge in [-0.15, -0.1) is 0 Å². The maximum absolute atomic E-state index is 6.26. The molecule has 2 aromatic carbocycles. The van der Waals surface area contributed by atoms with Gasteiger partial charge in [0.15, 0.2) is 0 Å². The van der Waals surface area contributed by atoms with E-state index < -0.39 is 0 Å². The van der Waals surface area contributed by atoms with Gasteiger partial charge < -0.3 is 10.5 Å². The predicted octanol–water partition coefficient (Wildman–Crippen LogP) is 3.83. The van der Waals surface area contributed by atoms with Gasteiger partial charge in [-0.05, 0) is 36.6 Å². The standard InChI is InChI=1S/C17H19NO/c1-11-7-8-13(9-12(11)2)17-10-15(18)14-5-3-4-6-16(14)19-17/h3-9,15,17H,10,18H2,1-2H3/t15-,17?/m1/s1. The number of hydrogen-bond donors (Lipinski definition) is 1. The van der Waals surface area contributed by atoms with E-state index in [-0.39, 0.29) is 12.1 Å². The highest BCUT2D eigenvalue weighted by molar-refractivity contribution is 5.40. The fraction of sp³-hybridized carbons (Fsp3) is 0.294. The Labute approximate surface area is 114 Å². The molecule has 19 heavy (non-hydrogen) atoms. The summed E-state index contributed by atoms with van der Waals surface area (Å²) in [5, 5.41) is 0. The van der Waals surface area contributed by atoms with Gasteiger partial charge in [-0.25, -0.2) is 0 Å². The van der Waals surface area contributed by atoms with Gasteiger partial charge in [0.2, 0.25) is 0 Å². The molecule has 0 aliphatic carbocycles. The van der Waals surface area contributed by atoms with Crippen LogP contribution in [0.1, 0.15) is 40.8 Å². The van der Waals surface area contributed by atoms with Crippen LogP contribution in [0, 0.1) is 13.8 Å². The Morgan fingerprint density at radius 1 is 1.05 bits per heavy atom. The largest absolute Gasteiger partial charge is 0.485 e. The Kier molecular flexibility index (Phi) is 3.03. The van der Waals surface area contributed by atoms with Crippen LogP contribution >= 0.6 is 0 Å². The fourth-order valence-corrected chi connectivity index (χ4v) is 2.62. The molecule has 0 amide bonds. The molecule has 1 heterocycles. The smallest absolute Gasteiger partial charge is 0.126 e. The second-order valence-corrected chi connectivity index (χ2v) is 5.33. The number of benzene rings is 2. The molecule has 2 N–H and O–H groups in total. The van der Waals surface area contributed by atoms with Crippen molar-refractivity contribution in [3.63, 3.8) is 0 Å². The third kappa shape index (κ3) is 2.24. The van der Waals surface area contributed by atoms with E-state index in [1.165, 1.54) is 16.7 Å². The van der Waals surface area contributed by atoms with E-state index in [0.29, 0.717) is 0 Å². The highest BCUT2D eigenvalue weighted by Crippen LogP contribution is 2.39. The summed E-state index contributed by atoms with van der Waals surface area (Å²) in [5.41, 5.74) is 11.2. The van der Waals surface area contributed by atoms with Gasteiger partial charge in [0.05, 0.1) is 0 Å². The summed E-state index contributed by atoms with van der Waals surface area (Å²) in [7, 11) is 0. The molecule has 98 valence electrons. The van der Waals surface area contributed by atoms with E-state index in [0.717, 1.165) is 17.7 Å². The first-order chi connectivity index (χ1) is 9.15. The number of ether oxygens (including phenoxy) is 1. The second-order valence-electron chi connectivity index (χ2n) is 5.33. The summed E-state index contributed by atoms with van der Waals surface area (Å²) in [6.07, 6.45) is 0.892. The normalized spacial score (nSPS) is 21.6. The van der Waals surface area contributed by atoms with Crippen LogP contribution in [0.25, 0.3) is 0 Å². The van der Waals surface area contributed by atoms with Crippen LogP contribution in [0.4, 0.5) is 0 Å². The number of hydrogen-bond acceptors (Lipinski definition) is 2. The molecule has 0 saturated heterocycles. The van der Waals surface area contributed by atoms with Crippen LogP contribution in [0.15, 0.2) is 42.5 Å². The third-order valence-corrected chi connectivity index (χ3v) is 3.96. The maximum Gasteiger partial charge on any atom is 0.126 e. The van der Waals surface area contributed by atoms with Crippen molar-refractivity contribution in [2.75, 3.05) is 0 Å². The third-order valence-electron chi connectivity index (χ3n) is 3.96. The van der Waals surface area contributed by atoms with Crippen molar-refractivity contribution in [3.05, 3.63) is 64.7 Å². The average molecular weight is 253 g/mol. The van der Waals surface area contributed by atoms with Crippen LogP contribution in [0.3, 0.4) is 0 Å². The zero-order valence-corrected chi connectivity index (χ0v) is 11.4. The molecule has 1 aliphatic heterocycles. The average Bonchev–Trinajstić information content (AvgIpc) is 2.42. The SMILES string of the molecule is Cc1ccc(C2C[C@@H](N)c3ccccc3O2)cc1C. The molecule has 0 aromatic heterocycles. The number of nitrogens with two attached hydrogens (primary N) is 1. The summed E-state index contributed by atoms with van der Waals surface area (Å²) < 4.78 is 6.10. The van der Waals surface area contributed by atoms with Gasteiger partial charge in [0, 0.05) is 18.0 Å². The Balaban J connectivity index is 1.94. The number of fused-ring (bicyclic) bond motifs is 1. The van der Waals surface area contributed by atoms with E-state index in [4.69, 9.17) is 10.5 Å². The van der Waals surface area contributed by atoms with Crippen LogP contribution < -0.4 is 10.5 Å². The molecule has 0 spiro atoms. The van der Waals surface area contributed by atoms with Crippen LogP contribution in [0.5, 0.6) is 5.75 Å². The van der Waals surface area contributed by atoms with E-state index >= 15 is 0 Å². The van der Waals surface area contributed by atoms with E-state index in [1.807, 2.05) is 18.2 Å². The van der Waals surface area contributed by atoms with Gasteiger partial charge in [0.25, 0.3) is 0 Å². The molecule has 0 radical (unpaired) electrons. The Morgan fingerprint density at radius 3 is 2.63 bits per heavy atom. The Morgan fingerprint density at radius 2 is 1.84 bits per heavy atom. The van der Waals surface area contributed by atoms with Crippen molar-refractivity contribution in [1.29, 1.82) is 0 Å². The highest BCUT2D eigenvalue weighted by Gasteiger charge is 2.26. The molecule has 2 heteroatoms. The fourth-order valence-electron chi connectivity index (χ4n) is 2.62. The molecule has 2 nitrogen and oxygen atoms in total. The van der Waals surface area contributed by atoms with Gasteiger partial charge in [-0.3, -0.25) is 0 Å². The molecule has 3 rings (SSSR count). The van der Waals surface area contributed by atoms with E-state index in [1.54, 1.807) is 0 Å². The lowest BCUT2D eigenvalue weighted by Gasteiger charge is -2.30. The summed E-state index contributed by atoms with van der Waals surface area (Å²) in [6, 6.07) is 14.6. The molecule has 2 atom stereocenters. The molecule has 0 bridgehead atoms. The topological polar surface area (TPSA) is 35.2 Å². The molecule has 2 aromatic rings. The maximum atomic E-state index is 6.26. The summed E-state index contributed by atoms with van der Waals surface area (Å²) in [6.45, 7) is 4.26. The first kappa shape index (κ1) is 12.2. The molecule has 1 aliphatic rings. The van der Waals surface area contributed by atoms with Crippen LogP contribution in [0.2, 0.25) is 0 Å². The number of para-hydroxylation sites is 1. The minimum atomic E-state index is 0.0524. The number of rotatable bonds is 1. The molecule has 0 fully saturated rings. The highest BCUT2D eigenvalue weighted by atomic mass is 16.5. The summed E-state index contributed by atoms with van der Waals surface area (Å²) in [4.78, 5) is 0. The van der Waals surface area contributed by atoms with Crippen molar-refractivity contribution < 1.29 is 4.74 Å². The Bertz CT molecular complexity index is 606. The summed E-state index contributed by atoms with van der Waals surface area (Å²) in [5.74, 6) is 0.921. The first-order valence-corrected chi connectivity index (χ1v) is 6.73.